The Morgan fingerprint density at radius 3 is 2.31 bits per heavy atom. The second-order valence-corrected chi connectivity index (χ2v) is 18.9. The van der Waals surface area contributed by atoms with E-state index in [-0.39, 0.29) is 48.3 Å². The zero-order valence-corrected chi connectivity index (χ0v) is 38.3. The summed E-state index contributed by atoms with van der Waals surface area (Å²) in [5.74, 6) is -0.0992. The number of carbonyl (C=O) groups excluding carboxylic acids is 1. The third kappa shape index (κ3) is 14.5. The van der Waals surface area contributed by atoms with Crippen LogP contribution >= 0.6 is 0 Å². The topological polar surface area (TPSA) is 94.2 Å². The quantitative estimate of drug-likeness (QED) is 0.0266. The molecule has 10 heteroatoms. The minimum absolute atomic E-state index is 0.0204. The van der Waals surface area contributed by atoms with Crippen LogP contribution in [0.2, 0.25) is 5.54 Å². The summed E-state index contributed by atoms with van der Waals surface area (Å²) in [5, 5.41) is 0. The molecule has 9 nitrogen and oxygen atoms in total. The average Bonchev–Trinajstić information content (AvgIpc) is 3.86. The average molecular weight is 781 g/mol. The molecule has 2 aliphatic heterocycles. The number of rotatable bonds is 22. The van der Waals surface area contributed by atoms with E-state index in [9.17, 15) is 4.79 Å². The molecule has 0 spiro atoms. The smallest absolute Gasteiger partial charge is 0.338 e. The van der Waals surface area contributed by atoms with Crippen LogP contribution in [0.4, 0.5) is 0 Å². The predicted octanol–water partition coefficient (Wildman–Crippen LogP) is 9.41. The molecule has 0 aromatic heterocycles. The standard InChI is InChI=1S/C44H80O9Si/c1-16-36-25-28-42(13,51-34(11)47-19-4)26-21-23-31(8)39(50-41(45)44(36,18-3)53-54-30(6)7)32(9)24-22-27-43(14,52-35(12)48-20-5)29-38-40(49-38)33(10)37(17-2)46-15/h21-24,27,30-31,33-40H,16-20,25-26,28-29,54H2,1-15H3. The highest BCUT2D eigenvalue weighted by Crippen LogP contribution is 2.41. The van der Waals surface area contributed by atoms with E-state index < -0.39 is 39.0 Å². The van der Waals surface area contributed by atoms with Gasteiger partial charge in [-0.3, -0.25) is 0 Å². The molecule has 2 heterocycles. The van der Waals surface area contributed by atoms with Crippen LogP contribution in [0.5, 0.6) is 0 Å². The molecule has 0 N–H and O–H groups in total. The summed E-state index contributed by atoms with van der Waals surface area (Å²) < 4.78 is 50.1. The maximum absolute atomic E-state index is 14.7. The lowest BCUT2D eigenvalue weighted by Crippen LogP contribution is -2.52. The van der Waals surface area contributed by atoms with E-state index in [1.54, 1.807) is 7.11 Å². The van der Waals surface area contributed by atoms with E-state index in [2.05, 4.69) is 86.6 Å². The summed E-state index contributed by atoms with van der Waals surface area (Å²) in [5.41, 5.74) is -0.797. The molecule has 1 fully saturated rings. The summed E-state index contributed by atoms with van der Waals surface area (Å²) >= 11 is 0. The van der Waals surface area contributed by atoms with Crippen molar-refractivity contribution in [1.82, 2.24) is 0 Å². The molecule has 12 atom stereocenters. The summed E-state index contributed by atoms with van der Waals surface area (Å²) in [4.78, 5) is 14.7. The van der Waals surface area contributed by atoms with Gasteiger partial charge in [-0.2, -0.15) is 0 Å². The predicted molar refractivity (Wildman–Crippen MR) is 221 cm³/mol. The molecule has 0 saturated carbocycles. The summed E-state index contributed by atoms with van der Waals surface area (Å²) in [6.45, 7) is 30.3. The molecular formula is C44H80O9Si. The number of hydrogen-bond donors (Lipinski definition) is 0. The molecular weight excluding hydrogens is 701 g/mol. The van der Waals surface area contributed by atoms with Crippen molar-refractivity contribution in [3.05, 3.63) is 36.0 Å². The van der Waals surface area contributed by atoms with Crippen LogP contribution in [0.25, 0.3) is 0 Å². The van der Waals surface area contributed by atoms with Crippen molar-refractivity contribution in [2.45, 2.75) is 201 Å². The van der Waals surface area contributed by atoms with Crippen molar-refractivity contribution < 1.29 is 42.4 Å². The van der Waals surface area contributed by atoms with Gasteiger partial charge < -0.3 is 37.6 Å². The second kappa shape index (κ2) is 23.1. The van der Waals surface area contributed by atoms with E-state index in [0.29, 0.717) is 31.6 Å². The fourth-order valence-corrected chi connectivity index (χ4v) is 9.42. The summed E-state index contributed by atoms with van der Waals surface area (Å²) in [7, 11) is 0.770. The zero-order valence-electron chi connectivity index (χ0n) is 36.9. The van der Waals surface area contributed by atoms with Crippen LogP contribution in [0, 0.1) is 17.8 Å². The molecule has 0 amide bonds. The lowest BCUT2D eigenvalue weighted by molar-refractivity contribution is -0.199. The van der Waals surface area contributed by atoms with Crippen LogP contribution in [-0.4, -0.2) is 89.9 Å². The highest BCUT2D eigenvalue weighted by atomic mass is 28.2. The lowest BCUT2D eigenvalue weighted by atomic mass is 9.77. The Kier molecular flexibility index (Phi) is 20.9. The Morgan fingerprint density at radius 1 is 1.07 bits per heavy atom. The first kappa shape index (κ1) is 48.8. The first-order valence-electron chi connectivity index (χ1n) is 21.1. The number of epoxide rings is 1. The second-order valence-electron chi connectivity index (χ2n) is 16.6. The molecule has 0 aromatic carbocycles. The van der Waals surface area contributed by atoms with Gasteiger partial charge in [0.15, 0.2) is 27.9 Å². The molecule has 12 unspecified atom stereocenters. The molecule has 0 aromatic rings. The van der Waals surface area contributed by atoms with E-state index >= 15 is 0 Å². The highest BCUT2D eigenvalue weighted by molar-refractivity contribution is 6.29. The first-order chi connectivity index (χ1) is 25.5. The highest BCUT2D eigenvalue weighted by Gasteiger charge is 2.49. The van der Waals surface area contributed by atoms with Gasteiger partial charge in [0.2, 0.25) is 0 Å². The zero-order chi connectivity index (χ0) is 40.7. The van der Waals surface area contributed by atoms with E-state index in [4.69, 9.17) is 37.6 Å². The maximum atomic E-state index is 14.7. The van der Waals surface area contributed by atoms with Gasteiger partial charge >= 0.3 is 5.97 Å². The van der Waals surface area contributed by atoms with Crippen LogP contribution in [0.15, 0.2) is 36.0 Å². The van der Waals surface area contributed by atoms with Gasteiger partial charge in [0, 0.05) is 38.6 Å². The van der Waals surface area contributed by atoms with Gasteiger partial charge in [-0.05, 0) is 97.6 Å². The van der Waals surface area contributed by atoms with Crippen LogP contribution in [-0.2, 0) is 42.4 Å². The Hall–Kier alpha value is -1.37. The third-order valence-corrected chi connectivity index (χ3v) is 12.8. The van der Waals surface area contributed by atoms with E-state index in [0.717, 1.165) is 37.7 Å². The van der Waals surface area contributed by atoms with Crippen LogP contribution < -0.4 is 0 Å². The van der Waals surface area contributed by atoms with Crippen molar-refractivity contribution in [1.29, 1.82) is 0 Å². The van der Waals surface area contributed by atoms with Crippen molar-refractivity contribution >= 4 is 15.7 Å². The van der Waals surface area contributed by atoms with Gasteiger partial charge in [0.25, 0.3) is 0 Å². The molecule has 0 radical (unpaired) electrons. The number of esters is 1. The van der Waals surface area contributed by atoms with Gasteiger partial charge in [0.1, 0.15) is 6.10 Å². The molecule has 0 bridgehead atoms. The maximum Gasteiger partial charge on any atom is 0.338 e. The molecule has 1 saturated heterocycles. The SMILES string of the molecule is CCOC(C)OC(C)(C=CC=C(C)C1OC(=O)C(CC)(O[SiH2]C(C)C)C(CC)CCC(C)(OC(C)OCC)CC=CC1C)CC1OC1C(C)C(CC)OC. The number of carbonyl (C=O) groups is 1. The fourth-order valence-electron chi connectivity index (χ4n) is 8.23. The number of methoxy groups -OCH3 is 1. The van der Waals surface area contributed by atoms with E-state index in [1.165, 1.54) is 0 Å². The third-order valence-electron chi connectivity index (χ3n) is 11.4. The van der Waals surface area contributed by atoms with Gasteiger partial charge in [-0.25, -0.2) is 4.79 Å². The van der Waals surface area contributed by atoms with Crippen molar-refractivity contribution in [3.63, 3.8) is 0 Å². The van der Waals surface area contributed by atoms with Gasteiger partial charge in [-0.15, -0.1) is 0 Å². The minimum atomic E-state index is -1.02. The monoisotopic (exact) mass is 781 g/mol. The summed E-state index contributed by atoms with van der Waals surface area (Å²) in [6, 6.07) is 0. The fraction of sp³-hybridized carbons (Fsp3) is 0.841. The Bertz CT molecular complexity index is 1190. The van der Waals surface area contributed by atoms with E-state index in [1.807, 2.05) is 40.7 Å². The minimum Gasteiger partial charge on any atom is -0.455 e. The normalized spacial score (nSPS) is 32.3. The van der Waals surface area contributed by atoms with Crippen molar-refractivity contribution in [2.75, 3.05) is 20.3 Å². The summed E-state index contributed by atoms with van der Waals surface area (Å²) in [6.07, 6.45) is 14.9. The number of cyclic esters (lactones) is 1. The first-order valence-corrected chi connectivity index (χ1v) is 22.5. The van der Waals surface area contributed by atoms with Crippen molar-refractivity contribution in [2.24, 2.45) is 17.8 Å². The Balaban J connectivity index is 2.53. The van der Waals surface area contributed by atoms with Gasteiger partial charge in [0.05, 0.1) is 29.5 Å². The molecule has 2 aliphatic rings. The number of hydrogen-bond acceptors (Lipinski definition) is 9. The van der Waals surface area contributed by atoms with Gasteiger partial charge in [-0.1, -0.05) is 85.3 Å². The van der Waals surface area contributed by atoms with Crippen LogP contribution in [0.1, 0.15) is 142 Å². The number of allylic oxidation sites excluding steroid dienone is 2. The van der Waals surface area contributed by atoms with Crippen LogP contribution in [0.3, 0.4) is 0 Å². The molecule has 0 aliphatic carbocycles. The number of ether oxygens (including phenoxy) is 7. The molecule has 314 valence electrons. The molecule has 54 heavy (non-hydrogen) atoms. The lowest BCUT2D eigenvalue weighted by Gasteiger charge is -2.42. The molecule has 2 rings (SSSR count). The van der Waals surface area contributed by atoms with Crippen molar-refractivity contribution in [3.8, 4) is 0 Å². The Labute approximate surface area is 332 Å². The largest absolute Gasteiger partial charge is 0.455 e. The Morgan fingerprint density at radius 2 is 1.74 bits per heavy atom.